The van der Waals surface area contributed by atoms with Crippen molar-refractivity contribution in [2.24, 2.45) is 5.92 Å². The van der Waals surface area contributed by atoms with Crippen LogP contribution in [0.2, 0.25) is 5.02 Å². The Morgan fingerprint density at radius 3 is 2.79 bits per heavy atom. The van der Waals surface area contributed by atoms with Gasteiger partial charge in [0.25, 0.3) is 5.91 Å². The van der Waals surface area contributed by atoms with E-state index < -0.39 is 11.5 Å². The topological polar surface area (TPSA) is 63.0 Å². The SMILES string of the molecule is O=C(NCC1CCC(F)(F)CC1)c1cc(C2(O)CCOC2)n2cccc(Cl)c12. The number of alkyl halides is 2. The fourth-order valence-electron chi connectivity index (χ4n) is 4.14. The number of rotatable bonds is 4. The highest BCUT2D eigenvalue weighted by Crippen LogP contribution is 2.37. The van der Waals surface area contributed by atoms with Gasteiger partial charge in [0.15, 0.2) is 0 Å². The maximum absolute atomic E-state index is 13.3. The molecule has 28 heavy (non-hydrogen) atoms. The molecule has 2 aliphatic rings. The van der Waals surface area contributed by atoms with E-state index in [1.807, 2.05) is 0 Å². The number of carbonyl (C=O) groups excluding carboxylic acids is 1. The van der Waals surface area contributed by atoms with Gasteiger partial charge in [-0.25, -0.2) is 8.78 Å². The summed E-state index contributed by atoms with van der Waals surface area (Å²) < 4.78 is 33.7. The predicted octanol–water partition coefficient (Wildman–Crippen LogP) is 3.76. The minimum atomic E-state index is -2.58. The van der Waals surface area contributed by atoms with Crippen molar-refractivity contribution in [1.82, 2.24) is 9.72 Å². The number of carbonyl (C=O) groups is 1. The zero-order chi connectivity index (χ0) is 19.9. The summed E-state index contributed by atoms with van der Waals surface area (Å²) in [6.45, 7) is 0.945. The lowest BCUT2D eigenvalue weighted by atomic mass is 9.87. The first kappa shape index (κ1) is 19.6. The molecule has 1 unspecified atom stereocenters. The molecular weight excluding hydrogens is 390 g/mol. The number of nitrogens with one attached hydrogen (secondary N) is 1. The zero-order valence-electron chi connectivity index (χ0n) is 15.4. The Balaban J connectivity index is 1.57. The summed E-state index contributed by atoms with van der Waals surface area (Å²) in [6, 6.07) is 5.10. The van der Waals surface area contributed by atoms with Crippen LogP contribution in [0.4, 0.5) is 8.78 Å². The van der Waals surface area contributed by atoms with Crippen LogP contribution in [0.5, 0.6) is 0 Å². The summed E-state index contributed by atoms with van der Waals surface area (Å²) in [5.74, 6) is -2.86. The van der Waals surface area contributed by atoms with E-state index in [0.29, 0.717) is 54.2 Å². The van der Waals surface area contributed by atoms with Gasteiger partial charge in [0.05, 0.1) is 28.4 Å². The van der Waals surface area contributed by atoms with Gasteiger partial charge in [0.2, 0.25) is 5.92 Å². The van der Waals surface area contributed by atoms with Crippen LogP contribution >= 0.6 is 11.6 Å². The highest BCUT2D eigenvalue weighted by molar-refractivity contribution is 6.34. The summed E-state index contributed by atoms with van der Waals surface area (Å²) in [7, 11) is 0. The third-order valence-corrected chi connectivity index (χ3v) is 6.16. The maximum Gasteiger partial charge on any atom is 0.253 e. The summed E-state index contributed by atoms with van der Waals surface area (Å²) in [6.07, 6.45) is 2.72. The molecule has 5 nitrogen and oxygen atoms in total. The molecule has 4 rings (SSSR count). The number of aliphatic hydroxyl groups is 1. The van der Waals surface area contributed by atoms with E-state index in [2.05, 4.69) is 5.32 Å². The van der Waals surface area contributed by atoms with Crippen LogP contribution < -0.4 is 5.32 Å². The number of aromatic nitrogens is 1. The molecule has 1 saturated heterocycles. The molecule has 0 radical (unpaired) electrons. The smallest absolute Gasteiger partial charge is 0.253 e. The third-order valence-electron chi connectivity index (χ3n) is 5.85. The number of nitrogens with zero attached hydrogens (tertiary/aromatic N) is 1. The fraction of sp³-hybridized carbons (Fsp3) is 0.550. The Morgan fingerprint density at radius 1 is 1.36 bits per heavy atom. The molecule has 1 saturated carbocycles. The third kappa shape index (κ3) is 3.63. The first-order chi connectivity index (χ1) is 13.3. The van der Waals surface area contributed by atoms with Crippen LogP contribution in [0.15, 0.2) is 24.4 Å². The number of pyridine rings is 1. The van der Waals surface area contributed by atoms with Gasteiger partial charge in [-0.05, 0) is 37.0 Å². The molecular formula is C20H23ClF2N2O3. The quantitative estimate of drug-likeness (QED) is 0.803. The van der Waals surface area contributed by atoms with E-state index in [1.54, 1.807) is 28.8 Å². The van der Waals surface area contributed by atoms with Gasteiger partial charge in [-0.3, -0.25) is 4.79 Å². The monoisotopic (exact) mass is 412 g/mol. The lowest BCUT2D eigenvalue weighted by molar-refractivity contribution is -0.0452. The van der Waals surface area contributed by atoms with Gasteiger partial charge in [-0.15, -0.1) is 0 Å². The molecule has 0 aromatic carbocycles. The maximum atomic E-state index is 13.3. The second kappa shape index (κ2) is 7.28. The van der Waals surface area contributed by atoms with Crippen LogP contribution in [0.3, 0.4) is 0 Å². The molecule has 2 fully saturated rings. The summed E-state index contributed by atoms with van der Waals surface area (Å²) >= 11 is 6.35. The highest BCUT2D eigenvalue weighted by Gasteiger charge is 2.38. The standard InChI is InChI=1S/C20H23ClF2N2O3/c21-15-2-1-8-25-16(19(27)7-9-28-12-19)10-14(17(15)25)18(26)24-11-13-3-5-20(22,23)6-4-13/h1-2,8,10,13,27H,3-7,9,11-12H2,(H,24,26). The normalized spacial score (nSPS) is 25.3. The Bertz CT molecular complexity index is 883. The van der Waals surface area contributed by atoms with E-state index in [9.17, 15) is 18.7 Å². The van der Waals surface area contributed by atoms with E-state index in [-0.39, 0.29) is 31.3 Å². The van der Waals surface area contributed by atoms with Gasteiger partial charge in [-0.2, -0.15) is 0 Å². The largest absolute Gasteiger partial charge is 0.381 e. The van der Waals surface area contributed by atoms with Crippen molar-refractivity contribution < 1.29 is 23.4 Å². The molecule has 152 valence electrons. The lowest BCUT2D eigenvalue weighted by Crippen LogP contribution is -2.33. The Morgan fingerprint density at radius 2 is 2.11 bits per heavy atom. The molecule has 1 aliphatic carbocycles. The minimum absolute atomic E-state index is 0.0415. The zero-order valence-corrected chi connectivity index (χ0v) is 16.1. The number of ether oxygens (including phenoxy) is 1. The van der Waals surface area contributed by atoms with Crippen LogP contribution in [0.25, 0.3) is 5.52 Å². The molecule has 8 heteroatoms. The van der Waals surface area contributed by atoms with E-state index in [4.69, 9.17) is 16.3 Å². The van der Waals surface area contributed by atoms with Crippen molar-refractivity contribution >= 4 is 23.0 Å². The summed E-state index contributed by atoms with van der Waals surface area (Å²) in [5.41, 5.74) is 0.264. The molecule has 1 amide bonds. The fourth-order valence-corrected chi connectivity index (χ4v) is 4.41. The lowest BCUT2D eigenvalue weighted by Gasteiger charge is -2.28. The average Bonchev–Trinajstić information content (AvgIpc) is 3.26. The van der Waals surface area contributed by atoms with Crippen molar-refractivity contribution in [3.8, 4) is 0 Å². The van der Waals surface area contributed by atoms with E-state index in [0.717, 1.165) is 0 Å². The van der Waals surface area contributed by atoms with Gasteiger partial charge in [0.1, 0.15) is 5.60 Å². The number of fused-ring (bicyclic) bond motifs is 1. The number of amides is 1. The molecule has 1 aliphatic heterocycles. The molecule has 2 aromatic heterocycles. The van der Waals surface area contributed by atoms with Crippen molar-refractivity contribution in [2.75, 3.05) is 19.8 Å². The van der Waals surface area contributed by atoms with E-state index >= 15 is 0 Å². The first-order valence-electron chi connectivity index (χ1n) is 9.55. The minimum Gasteiger partial charge on any atom is -0.381 e. The van der Waals surface area contributed by atoms with Crippen molar-refractivity contribution in [1.29, 1.82) is 0 Å². The van der Waals surface area contributed by atoms with Gasteiger partial charge in [-0.1, -0.05) is 11.6 Å². The van der Waals surface area contributed by atoms with Gasteiger partial charge in [0, 0.05) is 38.6 Å². The molecule has 2 aromatic rings. The Kier molecular flexibility index (Phi) is 5.10. The van der Waals surface area contributed by atoms with E-state index in [1.165, 1.54) is 0 Å². The van der Waals surface area contributed by atoms with Gasteiger partial charge >= 0.3 is 0 Å². The molecule has 1 atom stereocenters. The number of halogens is 3. The molecule has 0 spiro atoms. The predicted molar refractivity (Wildman–Crippen MR) is 101 cm³/mol. The van der Waals surface area contributed by atoms with Crippen LogP contribution in [-0.4, -0.2) is 41.1 Å². The average molecular weight is 413 g/mol. The van der Waals surface area contributed by atoms with Crippen LogP contribution in [0.1, 0.15) is 48.2 Å². The van der Waals surface area contributed by atoms with Crippen molar-refractivity contribution in [2.45, 2.75) is 43.6 Å². The van der Waals surface area contributed by atoms with Crippen LogP contribution in [-0.2, 0) is 10.3 Å². The van der Waals surface area contributed by atoms with Gasteiger partial charge < -0.3 is 19.6 Å². The second-order valence-corrected chi connectivity index (χ2v) is 8.27. The highest BCUT2D eigenvalue weighted by atomic mass is 35.5. The molecule has 2 N–H and O–H groups in total. The number of hydrogen-bond donors (Lipinski definition) is 2. The van der Waals surface area contributed by atoms with Crippen molar-refractivity contribution in [3.63, 3.8) is 0 Å². The Labute approximate surface area is 166 Å². The van der Waals surface area contributed by atoms with Crippen LogP contribution in [0, 0.1) is 5.92 Å². The first-order valence-corrected chi connectivity index (χ1v) is 9.93. The number of hydrogen-bond acceptors (Lipinski definition) is 3. The summed E-state index contributed by atoms with van der Waals surface area (Å²) in [4.78, 5) is 12.9. The van der Waals surface area contributed by atoms with Crippen molar-refractivity contribution in [3.05, 3.63) is 40.7 Å². The Hall–Kier alpha value is -1.70. The molecule has 3 heterocycles. The summed E-state index contributed by atoms with van der Waals surface area (Å²) in [5, 5.41) is 14.2. The molecule has 0 bridgehead atoms. The second-order valence-electron chi connectivity index (χ2n) is 7.86.